The molecule has 0 fully saturated rings. The molecule has 0 saturated carbocycles. The predicted molar refractivity (Wildman–Crippen MR) is 73.5 cm³/mol. The van der Waals surface area contributed by atoms with Crippen LogP contribution in [0.5, 0.6) is 0 Å². The van der Waals surface area contributed by atoms with Crippen LogP contribution in [-0.2, 0) is 0 Å². The zero-order valence-electron chi connectivity index (χ0n) is 10.6. The van der Waals surface area contributed by atoms with Gasteiger partial charge >= 0.3 is 0 Å². The zero-order chi connectivity index (χ0) is 12.8. The Morgan fingerprint density at radius 3 is 3.00 bits per heavy atom. The third-order valence-corrected chi connectivity index (χ3v) is 3.05. The molecular weight excluding hydrogens is 226 g/mol. The standard InChI is InChI=1S/C14H19N3O/c1-11(10-18)5-4-8-15-14-13-7-3-2-6-12(13)9-16-17-14/h2-3,6-7,9,11,18H,4-5,8,10H2,1H3,(H,15,17). The predicted octanol–water partition coefficient (Wildman–Crippen LogP) is 2.45. The lowest BCUT2D eigenvalue weighted by atomic mass is 10.1. The Labute approximate surface area is 107 Å². The molecule has 4 nitrogen and oxygen atoms in total. The van der Waals surface area contributed by atoms with Gasteiger partial charge in [-0.05, 0) is 18.8 Å². The van der Waals surface area contributed by atoms with Gasteiger partial charge in [-0.3, -0.25) is 0 Å². The van der Waals surface area contributed by atoms with E-state index in [-0.39, 0.29) is 6.61 Å². The van der Waals surface area contributed by atoms with Gasteiger partial charge in [0.2, 0.25) is 0 Å². The number of fused-ring (bicyclic) bond motifs is 1. The second-order valence-electron chi connectivity index (χ2n) is 4.64. The number of rotatable bonds is 6. The van der Waals surface area contributed by atoms with E-state index in [1.165, 1.54) is 0 Å². The fourth-order valence-electron chi connectivity index (χ4n) is 1.91. The van der Waals surface area contributed by atoms with Crippen molar-refractivity contribution < 1.29 is 5.11 Å². The minimum Gasteiger partial charge on any atom is -0.396 e. The highest BCUT2D eigenvalue weighted by molar-refractivity contribution is 5.90. The topological polar surface area (TPSA) is 58.0 Å². The molecule has 0 amide bonds. The monoisotopic (exact) mass is 245 g/mol. The molecule has 0 bridgehead atoms. The van der Waals surface area contributed by atoms with Crippen molar-refractivity contribution >= 4 is 16.6 Å². The molecule has 2 rings (SSSR count). The SMILES string of the molecule is CC(CO)CCCNc1nncc2ccccc12. The van der Waals surface area contributed by atoms with Crippen LogP contribution >= 0.6 is 0 Å². The summed E-state index contributed by atoms with van der Waals surface area (Å²) in [5, 5.41) is 22.6. The van der Waals surface area contributed by atoms with E-state index < -0.39 is 0 Å². The van der Waals surface area contributed by atoms with Crippen LogP contribution in [-0.4, -0.2) is 28.5 Å². The first-order chi connectivity index (χ1) is 8.81. The minimum atomic E-state index is 0.258. The first kappa shape index (κ1) is 12.8. The molecular formula is C14H19N3O. The van der Waals surface area contributed by atoms with Gasteiger partial charge in [-0.15, -0.1) is 5.10 Å². The van der Waals surface area contributed by atoms with Crippen LogP contribution < -0.4 is 5.32 Å². The summed E-state index contributed by atoms with van der Waals surface area (Å²) in [6.07, 6.45) is 3.81. The van der Waals surface area contributed by atoms with Crippen LogP contribution in [0, 0.1) is 5.92 Å². The van der Waals surface area contributed by atoms with Crippen molar-refractivity contribution in [3.05, 3.63) is 30.5 Å². The number of nitrogens with zero attached hydrogens (tertiary/aromatic N) is 2. The van der Waals surface area contributed by atoms with Crippen molar-refractivity contribution in [1.29, 1.82) is 0 Å². The zero-order valence-corrected chi connectivity index (χ0v) is 10.6. The highest BCUT2D eigenvalue weighted by Gasteiger charge is 2.03. The average molecular weight is 245 g/mol. The molecule has 1 atom stereocenters. The molecule has 1 unspecified atom stereocenters. The highest BCUT2D eigenvalue weighted by atomic mass is 16.3. The Balaban J connectivity index is 1.95. The summed E-state index contributed by atoms with van der Waals surface area (Å²) in [6.45, 7) is 3.17. The third-order valence-electron chi connectivity index (χ3n) is 3.05. The Kier molecular flexibility index (Phi) is 4.47. The molecule has 0 aliphatic heterocycles. The second kappa shape index (κ2) is 6.31. The molecule has 0 radical (unpaired) electrons. The second-order valence-corrected chi connectivity index (χ2v) is 4.64. The Morgan fingerprint density at radius 2 is 2.17 bits per heavy atom. The Bertz CT molecular complexity index is 496. The third kappa shape index (κ3) is 3.17. The van der Waals surface area contributed by atoms with Gasteiger partial charge in [0.15, 0.2) is 5.82 Å². The molecule has 2 aromatic rings. The minimum absolute atomic E-state index is 0.258. The van der Waals surface area contributed by atoms with E-state index in [9.17, 15) is 0 Å². The summed E-state index contributed by atoms with van der Waals surface area (Å²) in [6, 6.07) is 8.07. The van der Waals surface area contributed by atoms with Crippen LogP contribution in [0.3, 0.4) is 0 Å². The van der Waals surface area contributed by atoms with Gasteiger partial charge in [0.25, 0.3) is 0 Å². The van der Waals surface area contributed by atoms with Gasteiger partial charge in [0, 0.05) is 23.9 Å². The number of nitrogens with one attached hydrogen (secondary N) is 1. The number of benzene rings is 1. The van der Waals surface area contributed by atoms with Gasteiger partial charge in [-0.2, -0.15) is 5.10 Å². The van der Waals surface area contributed by atoms with Crippen LogP contribution in [0.1, 0.15) is 19.8 Å². The van der Waals surface area contributed by atoms with E-state index in [4.69, 9.17) is 5.11 Å². The van der Waals surface area contributed by atoms with Crippen LogP contribution in [0.2, 0.25) is 0 Å². The van der Waals surface area contributed by atoms with Crippen molar-refractivity contribution in [2.45, 2.75) is 19.8 Å². The van der Waals surface area contributed by atoms with Crippen LogP contribution in [0.25, 0.3) is 10.8 Å². The van der Waals surface area contributed by atoms with E-state index in [0.717, 1.165) is 36.0 Å². The van der Waals surface area contributed by atoms with E-state index in [1.54, 1.807) is 6.20 Å². The number of aliphatic hydroxyl groups is 1. The normalized spacial score (nSPS) is 12.6. The lowest BCUT2D eigenvalue weighted by Gasteiger charge is -2.09. The summed E-state index contributed by atoms with van der Waals surface area (Å²) >= 11 is 0. The molecule has 0 aliphatic carbocycles. The molecule has 1 aromatic heterocycles. The molecule has 4 heteroatoms. The number of hydrogen-bond donors (Lipinski definition) is 2. The lowest BCUT2D eigenvalue weighted by molar-refractivity contribution is 0.229. The van der Waals surface area contributed by atoms with E-state index in [1.807, 2.05) is 24.3 Å². The molecule has 1 heterocycles. The molecule has 18 heavy (non-hydrogen) atoms. The Morgan fingerprint density at radius 1 is 1.33 bits per heavy atom. The smallest absolute Gasteiger partial charge is 0.156 e. The maximum atomic E-state index is 8.95. The summed E-state index contributed by atoms with van der Waals surface area (Å²) in [5.41, 5.74) is 0. The molecule has 0 spiro atoms. The molecule has 96 valence electrons. The number of aromatic nitrogens is 2. The van der Waals surface area contributed by atoms with Gasteiger partial charge in [-0.1, -0.05) is 31.2 Å². The van der Waals surface area contributed by atoms with Crippen molar-refractivity contribution in [2.24, 2.45) is 5.92 Å². The first-order valence-corrected chi connectivity index (χ1v) is 6.36. The summed E-state index contributed by atoms with van der Waals surface area (Å²) in [4.78, 5) is 0. The molecule has 0 saturated heterocycles. The van der Waals surface area contributed by atoms with Gasteiger partial charge < -0.3 is 10.4 Å². The number of aliphatic hydroxyl groups excluding tert-OH is 1. The van der Waals surface area contributed by atoms with E-state index in [2.05, 4.69) is 22.4 Å². The fraction of sp³-hybridized carbons (Fsp3) is 0.429. The van der Waals surface area contributed by atoms with Crippen molar-refractivity contribution in [2.75, 3.05) is 18.5 Å². The molecule has 0 aliphatic rings. The van der Waals surface area contributed by atoms with Gasteiger partial charge in [-0.25, -0.2) is 0 Å². The number of anilines is 1. The first-order valence-electron chi connectivity index (χ1n) is 6.36. The largest absolute Gasteiger partial charge is 0.396 e. The molecule has 2 N–H and O–H groups in total. The highest BCUT2D eigenvalue weighted by Crippen LogP contribution is 2.19. The summed E-state index contributed by atoms with van der Waals surface area (Å²) in [5.74, 6) is 1.20. The average Bonchev–Trinajstić information content (AvgIpc) is 2.43. The quantitative estimate of drug-likeness (QED) is 0.767. The summed E-state index contributed by atoms with van der Waals surface area (Å²) < 4.78 is 0. The van der Waals surface area contributed by atoms with Gasteiger partial charge in [0.1, 0.15) is 0 Å². The summed E-state index contributed by atoms with van der Waals surface area (Å²) in [7, 11) is 0. The van der Waals surface area contributed by atoms with E-state index >= 15 is 0 Å². The van der Waals surface area contributed by atoms with Crippen molar-refractivity contribution in [1.82, 2.24) is 10.2 Å². The van der Waals surface area contributed by atoms with E-state index in [0.29, 0.717) is 5.92 Å². The van der Waals surface area contributed by atoms with Crippen molar-refractivity contribution in [3.63, 3.8) is 0 Å². The maximum absolute atomic E-state index is 8.95. The van der Waals surface area contributed by atoms with Crippen LogP contribution in [0.15, 0.2) is 30.5 Å². The van der Waals surface area contributed by atoms with Gasteiger partial charge in [0.05, 0.1) is 6.20 Å². The van der Waals surface area contributed by atoms with Crippen LogP contribution in [0.4, 0.5) is 5.82 Å². The lowest BCUT2D eigenvalue weighted by Crippen LogP contribution is -2.08. The Hall–Kier alpha value is -1.68. The number of hydrogen-bond acceptors (Lipinski definition) is 4. The molecule has 1 aromatic carbocycles. The maximum Gasteiger partial charge on any atom is 0.156 e. The fourth-order valence-corrected chi connectivity index (χ4v) is 1.91. The van der Waals surface area contributed by atoms with Crippen molar-refractivity contribution in [3.8, 4) is 0 Å².